The van der Waals surface area contributed by atoms with Crippen LogP contribution in [0, 0.1) is 5.41 Å². The summed E-state index contributed by atoms with van der Waals surface area (Å²) < 4.78 is 0. The zero-order valence-electron chi connectivity index (χ0n) is 11.9. The van der Waals surface area contributed by atoms with Crippen molar-refractivity contribution in [1.82, 2.24) is 0 Å². The first-order valence-corrected chi connectivity index (χ1v) is 6.42. The van der Waals surface area contributed by atoms with Crippen molar-refractivity contribution in [2.45, 2.75) is 33.4 Å². The lowest BCUT2D eigenvalue weighted by Crippen LogP contribution is -2.37. The minimum atomic E-state index is -1.16. The highest BCUT2D eigenvalue weighted by molar-refractivity contribution is 5.94. The summed E-state index contributed by atoms with van der Waals surface area (Å²) in [6.45, 7) is 5.72. The molecule has 1 atom stereocenters. The van der Waals surface area contributed by atoms with E-state index in [-0.39, 0.29) is 5.91 Å². The quantitative estimate of drug-likeness (QED) is 0.595. The molecule has 0 aromatic heterocycles. The molecule has 6 heteroatoms. The monoisotopic (exact) mass is 279 g/mol. The van der Waals surface area contributed by atoms with Gasteiger partial charge in [0.25, 0.3) is 0 Å². The van der Waals surface area contributed by atoms with E-state index in [4.69, 9.17) is 10.8 Å². The normalized spacial score (nSPS) is 12.6. The van der Waals surface area contributed by atoms with Crippen LogP contribution in [0.5, 0.6) is 0 Å². The lowest BCUT2D eigenvalue weighted by molar-refractivity contribution is -0.137. The molecule has 0 bridgehead atoms. The molecule has 0 aliphatic carbocycles. The Hall–Kier alpha value is -2.08. The highest BCUT2D eigenvalue weighted by Crippen LogP contribution is 2.23. The Morgan fingerprint density at radius 3 is 2.20 bits per heavy atom. The largest absolute Gasteiger partial charge is 0.479 e. The summed E-state index contributed by atoms with van der Waals surface area (Å²) in [5.74, 6) is -1.19. The predicted molar refractivity (Wildman–Crippen MR) is 78.4 cm³/mol. The summed E-state index contributed by atoms with van der Waals surface area (Å²) in [4.78, 5) is 22.6. The van der Waals surface area contributed by atoms with E-state index in [0.717, 1.165) is 6.42 Å². The second-order valence-corrected chi connectivity index (χ2v) is 5.23. The van der Waals surface area contributed by atoms with Crippen molar-refractivity contribution < 1.29 is 14.7 Å². The number of carbonyl (C=O) groups excluding carboxylic acids is 1. The molecule has 1 rings (SSSR count). The first-order chi connectivity index (χ1) is 9.26. The third-order valence-electron chi connectivity index (χ3n) is 3.23. The Morgan fingerprint density at radius 2 is 1.75 bits per heavy atom. The Labute approximate surface area is 118 Å². The molecular formula is C14H21N3O3. The lowest BCUT2D eigenvalue weighted by Gasteiger charge is -2.21. The fourth-order valence-electron chi connectivity index (χ4n) is 1.35. The molecule has 1 amide bonds. The van der Waals surface area contributed by atoms with Gasteiger partial charge in [0, 0.05) is 16.8 Å². The average molecular weight is 279 g/mol. The Morgan fingerprint density at radius 1 is 1.25 bits per heavy atom. The molecule has 20 heavy (non-hydrogen) atoms. The van der Waals surface area contributed by atoms with E-state index in [1.54, 1.807) is 24.3 Å². The van der Waals surface area contributed by atoms with E-state index in [1.165, 1.54) is 0 Å². The van der Waals surface area contributed by atoms with Crippen LogP contribution in [-0.4, -0.2) is 23.1 Å². The van der Waals surface area contributed by atoms with Gasteiger partial charge in [0.15, 0.2) is 6.17 Å². The molecule has 1 unspecified atom stereocenters. The van der Waals surface area contributed by atoms with E-state index in [0.29, 0.717) is 11.4 Å². The standard InChI is InChI=1S/C14H21N3O3/c1-4-14(2,3)13(20)17-10-7-5-9(6-8-10)16-11(15)12(18)19/h5-8,11,16H,4,15H2,1-3H3,(H,17,20)(H,18,19). The summed E-state index contributed by atoms with van der Waals surface area (Å²) in [5.41, 5.74) is 6.17. The maximum absolute atomic E-state index is 12.0. The van der Waals surface area contributed by atoms with Gasteiger partial charge in [-0.2, -0.15) is 0 Å². The molecular weight excluding hydrogens is 258 g/mol. The van der Waals surface area contributed by atoms with Gasteiger partial charge < -0.3 is 21.5 Å². The van der Waals surface area contributed by atoms with Crippen LogP contribution in [0.3, 0.4) is 0 Å². The van der Waals surface area contributed by atoms with Crippen LogP contribution in [0.15, 0.2) is 24.3 Å². The summed E-state index contributed by atoms with van der Waals surface area (Å²) in [6, 6.07) is 6.72. The van der Waals surface area contributed by atoms with Gasteiger partial charge in [-0.3, -0.25) is 4.79 Å². The summed E-state index contributed by atoms with van der Waals surface area (Å²) in [5, 5.41) is 14.1. The number of amides is 1. The third-order valence-corrected chi connectivity index (χ3v) is 3.23. The number of anilines is 2. The summed E-state index contributed by atoms with van der Waals surface area (Å²) in [7, 11) is 0. The fraction of sp³-hybridized carbons (Fsp3) is 0.429. The van der Waals surface area contributed by atoms with Crippen molar-refractivity contribution in [2.75, 3.05) is 10.6 Å². The van der Waals surface area contributed by atoms with Crippen molar-refractivity contribution in [2.24, 2.45) is 11.1 Å². The van der Waals surface area contributed by atoms with Crippen LogP contribution in [0.4, 0.5) is 11.4 Å². The number of aliphatic carboxylic acids is 1. The topological polar surface area (TPSA) is 104 Å². The highest BCUT2D eigenvalue weighted by Gasteiger charge is 2.25. The zero-order chi connectivity index (χ0) is 15.3. The lowest BCUT2D eigenvalue weighted by atomic mass is 9.89. The van der Waals surface area contributed by atoms with Crippen molar-refractivity contribution in [3.8, 4) is 0 Å². The number of nitrogens with two attached hydrogens (primary N) is 1. The average Bonchev–Trinajstić information content (AvgIpc) is 2.40. The highest BCUT2D eigenvalue weighted by atomic mass is 16.4. The van der Waals surface area contributed by atoms with Crippen LogP contribution in [0.25, 0.3) is 0 Å². The summed E-state index contributed by atoms with van der Waals surface area (Å²) >= 11 is 0. The maximum atomic E-state index is 12.0. The van der Waals surface area contributed by atoms with Gasteiger partial charge in [0.2, 0.25) is 5.91 Å². The van der Waals surface area contributed by atoms with E-state index < -0.39 is 17.6 Å². The van der Waals surface area contributed by atoms with Crippen molar-refractivity contribution in [1.29, 1.82) is 0 Å². The van der Waals surface area contributed by atoms with E-state index in [2.05, 4.69) is 10.6 Å². The smallest absolute Gasteiger partial charge is 0.341 e. The van der Waals surface area contributed by atoms with Crippen LogP contribution in [0.1, 0.15) is 27.2 Å². The summed E-state index contributed by atoms with van der Waals surface area (Å²) in [6.07, 6.45) is -0.416. The molecule has 0 heterocycles. The van der Waals surface area contributed by atoms with E-state index >= 15 is 0 Å². The van der Waals surface area contributed by atoms with Gasteiger partial charge in [0.05, 0.1) is 0 Å². The second kappa shape index (κ2) is 6.38. The minimum absolute atomic E-state index is 0.0528. The van der Waals surface area contributed by atoms with Crippen molar-refractivity contribution >= 4 is 23.3 Å². The predicted octanol–water partition coefficient (Wildman–Crippen LogP) is 1.84. The number of hydrogen-bond acceptors (Lipinski definition) is 4. The zero-order valence-corrected chi connectivity index (χ0v) is 11.9. The number of carboxylic acid groups (broad SMARTS) is 1. The first-order valence-electron chi connectivity index (χ1n) is 6.42. The number of nitrogens with one attached hydrogen (secondary N) is 2. The SMILES string of the molecule is CCC(C)(C)C(=O)Nc1ccc(NC(N)C(=O)O)cc1. The second-order valence-electron chi connectivity index (χ2n) is 5.23. The molecule has 0 radical (unpaired) electrons. The van der Waals surface area contributed by atoms with Crippen molar-refractivity contribution in [3.05, 3.63) is 24.3 Å². The molecule has 0 fully saturated rings. The van der Waals surface area contributed by atoms with Gasteiger partial charge >= 0.3 is 5.97 Å². The molecule has 0 saturated carbocycles. The number of carbonyl (C=O) groups is 2. The number of benzene rings is 1. The molecule has 0 aliphatic rings. The maximum Gasteiger partial charge on any atom is 0.341 e. The third kappa shape index (κ3) is 4.24. The van der Waals surface area contributed by atoms with Gasteiger partial charge in [-0.05, 0) is 30.7 Å². The van der Waals surface area contributed by atoms with Crippen molar-refractivity contribution in [3.63, 3.8) is 0 Å². The molecule has 110 valence electrons. The van der Waals surface area contributed by atoms with Crippen LogP contribution >= 0.6 is 0 Å². The van der Waals surface area contributed by atoms with Gasteiger partial charge in [-0.1, -0.05) is 20.8 Å². The fourth-order valence-corrected chi connectivity index (χ4v) is 1.35. The molecule has 0 aliphatic heterocycles. The molecule has 1 aromatic carbocycles. The van der Waals surface area contributed by atoms with E-state index in [9.17, 15) is 9.59 Å². The molecule has 0 saturated heterocycles. The molecule has 0 spiro atoms. The Kier molecular flexibility index (Phi) is 5.10. The Bertz CT molecular complexity index is 483. The van der Waals surface area contributed by atoms with Crippen LogP contribution in [-0.2, 0) is 9.59 Å². The van der Waals surface area contributed by atoms with Crippen LogP contribution < -0.4 is 16.4 Å². The van der Waals surface area contributed by atoms with Gasteiger partial charge in [-0.15, -0.1) is 0 Å². The molecule has 1 aromatic rings. The number of carboxylic acids is 1. The van der Waals surface area contributed by atoms with E-state index in [1.807, 2.05) is 20.8 Å². The minimum Gasteiger partial charge on any atom is -0.479 e. The Balaban J connectivity index is 2.68. The molecule has 6 nitrogen and oxygen atoms in total. The molecule has 5 N–H and O–H groups in total. The van der Waals surface area contributed by atoms with Gasteiger partial charge in [-0.25, -0.2) is 4.79 Å². The first kappa shape index (κ1) is 16.0. The van der Waals surface area contributed by atoms with Crippen LogP contribution in [0.2, 0.25) is 0 Å². The van der Waals surface area contributed by atoms with Gasteiger partial charge in [0.1, 0.15) is 0 Å². The number of hydrogen-bond donors (Lipinski definition) is 4. The number of rotatable bonds is 6.